The molecular formula is C16H22N2O3. The minimum Gasteiger partial charge on any atom is -0.493 e. The van der Waals surface area contributed by atoms with Gasteiger partial charge in [-0.25, -0.2) is 0 Å². The van der Waals surface area contributed by atoms with Crippen molar-refractivity contribution in [1.29, 1.82) is 0 Å². The molecule has 0 saturated carbocycles. The molecule has 1 N–H and O–H groups in total. The van der Waals surface area contributed by atoms with E-state index in [9.17, 15) is 0 Å². The smallest absolute Gasteiger partial charge is 0.161 e. The molecule has 1 atom stereocenters. The van der Waals surface area contributed by atoms with Crippen molar-refractivity contribution < 1.29 is 14.0 Å². The van der Waals surface area contributed by atoms with E-state index in [-0.39, 0.29) is 6.04 Å². The van der Waals surface area contributed by atoms with Crippen LogP contribution in [0.2, 0.25) is 0 Å². The first-order valence-electron chi connectivity index (χ1n) is 7.05. The Bertz CT molecular complexity index is 581. The minimum atomic E-state index is 0.224. The molecule has 2 aromatic rings. The van der Waals surface area contributed by atoms with E-state index in [0.717, 1.165) is 34.9 Å². The summed E-state index contributed by atoms with van der Waals surface area (Å²) >= 11 is 0. The molecule has 1 heterocycles. The molecule has 0 aliphatic heterocycles. The molecule has 0 spiro atoms. The first-order valence-corrected chi connectivity index (χ1v) is 7.05. The summed E-state index contributed by atoms with van der Waals surface area (Å²) in [5.41, 5.74) is 2.07. The summed E-state index contributed by atoms with van der Waals surface area (Å²) in [5, 5.41) is 7.48. The zero-order valence-electron chi connectivity index (χ0n) is 13.0. The summed E-state index contributed by atoms with van der Waals surface area (Å²) in [4.78, 5) is 0. The highest BCUT2D eigenvalue weighted by Crippen LogP contribution is 2.30. The van der Waals surface area contributed by atoms with Crippen LogP contribution >= 0.6 is 0 Å². The molecule has 0 aliphatic carbocycles. The van der Waals surface area contributed by atoms with E-state index in [1.54, 1.807) is 14.2 Å². The minimum absolute atomic E-state index is 0.224. The van der Waals surface area contributed by atoms with Gasteiger partial charge in [-0.1, -0.05) is 18.1 Å². The van der Waals surface area contributed by atoms with Crippen molar-refractivity contribution >= 4 is 0 Å². The van der Waals surface area contributed by atoms with Gasteiger partial charge in [0.2, 0.25) is 0 Å². The summed E-state index contributed by atoms with van der Waals surface area (Å²) in [6.45, 7) is 4.70. The molecule has 0 bridgehead atoms. The van der Waals surface area contributed by atoms with Gasteiger partial charge in [-0.2, -0.15) is 0 Å². The average molecular weight is 290 g/mol. The molecule has 0 fully saturated rings. The maximum Gasteiger partial charge on any atom is 0.161 e. The molecule has 0 aliphatic rings. The van der Waals surface area contributed by atoms with E-state index in [2.05, 4.69) is 23.5 Å². The molecule has 0 saturated heterocycles. The first kappa shape index (κ1) is 15.4. The van der Waals surface area contributed by atoms with Crippen LogP contribution in [0.25, 0.3) is 0 Å². The van der Waals surface area contributed by atoms with Crippen molar-refractivity contribution in [2.45, 2.75) is 32.9 Å². The van der Waals surface area contributed by atoms with Crippen molar-refractivity contribution in [3.05, 3.63) is 41.3 Å². The molecule has 1 unspecified atom stereocenters. The standard InChI is InChI=1S/C16H22N2O3/c1-5-14(17-10-13-8-11(2)21-18-13)12-6-7-15(19-3)16(9-12)20-4/h6-9,14,17H,5,10H2,1-4H3. The molecule has 114 valence electrons. The Morgan fingerprint density at radius 3 is 2.52 bits per heavy atom. The molecule has 0 amide bonds. The van der Waals surface area contributed by atoms with Gasteiger partial charge in [0.15, 0.2) is 11.5 Å². The lowest BCUT2D eigenvalue weighted by molar-refractivity contribution is 0.353. The molecule has 5 nitrogen and oxygen atoms in total. The fourth-order valence-corrected chi connectivity index (χ4v) is 2.30. The van der Waals surface area contributed by atoms with Gasteiger partial charge in [0.25, 0.3) is 0 Å². The fourth-order valence-electron chi connectivity index (χ4n) is 2.30. The topological polar surface area (TPSA) is 56.5 Å². The molecule has 1 aromatic heterocycles. The first-order chi connectivity index (χ1) is 10.2. The SMILES string of the molecule is CCC(NCc1cc(C)on1)c1ccc(OC)c(OC)c1. The zero-order chi connectivity index (χ0) is 15.2. The number of nitrogens with one attached hydrogen (secondary N) is 1. The number of rotatable bonds is 7. The number of ether oxygens (including phenoxy) is 2. The van der Waals surface area contributed by atoms with E-state index in [1.165, 1.54) is 0 Å². The predicted molar refractivity (Wildman–Crippen MR) is 80.7 cm³/mol. The second-order valence-corrected chi connectivity index (χ2v) is 4.89. The van der Waals surface area contributed by atoms with Crippen LogP contribution in [0.15, 0.2) is 28.8 Å². The summed E-state index contributed by atoms with van der Waals surface area (Å²) in [6.07, 6.45) is 0.965. The van der Waals surface area contributed by atoms with E-state index >= 15 is 0 Å². The van der Waals surface area contributed by atoms with Crippen LogP contribution in [0, 0.1) is 6.92 Å². The third kappa shape index (κ3) is 3.76. The Morgan fingerprint density at radius 2 is 1.95 bits per heavy atom. The molecule has 2 rings (SSSR count). The van der Waals surface area contributed by atoms with Crippen LogP contribution < -0.4 is 14.8 Å². The summed E-state index contributed by atoms with van der Waals surface area (Å²) in [6, 6.07) is 8.15. The summed E-state index contributed by atoms with van der Waals surface area (Å²) in [5.74, 6) is 2.31. The maximum absolute atomic E-state index is 5.36. The largest absolute Gasteiger partial charge is 0.493 e. The van der Waals surface area contributed by atoms with Crippen LogP contribution in [0.5, 0.6) is 11.5 Å². The number of hydrogen-bond donors (Lipinski definition) is 1. The van der Waals surface area contributed by atoms with Crippen molar-refractivity contribution in [2.24, 2.45) is 0 Å². The number of methoxy groups -OCH3 is 2. The van der Waals surface area contributed by atoms with Crippen molar-refractivity contribution in [1.82, 2.24) is 10.5 Å². The van der Waals surface area contributed by atoms with Crippen LogP contribution in [0.1, 0.15) is 36.4 Å². The summed E-state index contributed by atoms with van der Waals surface area (Å²) in [7, 11) is 3.29. The Labute approximate surface area is 125 Å². The van der Waals surface area contributed by atoms with E-state index in [4.69, 9.17) is 14.0 Å². The molecule has 1 aromatic carbocycles. The van der Waals surface area contributed by atoms with Crippen molar-refractivity contribution in [3.8, 4) is 11.5 Å². The van der Waals surface area contributed by atoms with Crippen molar-refractivity contribution in [2.75, 3.05) is 14.2 Å². The van der Waals surface area contributed by atoms with Gasteiger partial charge in [-0.05, 0) is 31.0 Å². The highest BCUT2D eigenvalue weighted by Gasteiger charge is 2.13. The van der Waals surface area contributed by atoms with Gasteiger partial charge in [0.05, 0.1) is 19.9 Å². The van der Waals surface area contributed by atoms with Crippen molar-refractivity contribution in [3.63, 3.8) is 0 Å². The van der Waals surface area contributed by atoms with Crippen LogP contribution in [0.3, 0.4) is 0 Å². The lowest BCUT2D eigenvalue weighted by Gasteiger charge is -2.18. The normalized spacial score (nSPS) is 12.2. The van der Waals surface area contributed by atoms with Gasteiger partial charge < -0.3 is 19.3 Å². The van der Waals surface area contributed by atoms with Crippen LogP contribution in [-0.4, -0.2) is 19.4 Å². The highest BCUT2D eigenvalue weighted by molar-refractivity contribution is 5.43. The lowest BCUT2D eigenvalue weighted by atomic mass is 10.0. The van der Waals surface area contributed by atoms with E-state index < -0.39 is 0 Å². The Kier molecular flexibility index (Phi) is 5.22. The molecular weight excluding hydrogens is 268 g/mol. The van der Waals surface area contributed by atoms with Gasteiger partial charge in [0.1, 0.15) is 5.76 Å². The Balaban J connectivity index is 2.09. The highest BCUT2D eigenvalue weighted by atomic mass is 16.5. The van der Waals surface area contributed by atoms with Crippen LogP contribution in [-0.2, 0) is 6.54 Å². The molecule has 21 heavy (non-hydrogen) atoms. The average Bonchev–Trinajstić information content (AvgIpc) is 2.93. The van der Waals surface area contributed by atoms with Gasteiger partial charge >= 0.3 is 0 Å². The van der Waals surface area contributed by atoms with E-state index in [1.807, 2.05) is 25.1 Å². The monoisotopic (exact) mass is 290 g/mol. The van der Waals surface area contributed by atoms with Gasteiger partial charge in [0, 0.05) is 18.7 Å². The number of aromatic nitrogens is 1. The summed E-state index contributed by atoms with van der Waals surface area (Å²) < 4.78 is 15.7. The lowest BCUT2D eigenvalue weighted by Crippen LogP contribution is -2.20. The third-order valence-corrected chi connectivity index (χ3v) is 3.42. The second kappa shape index (κ2) is 7.13. The third-order valence-electron chi connectivity index (χ3n) is 3.42. The quantitative estimate of drug-likeness (QED) is 0.848. The molecule has 5 heteroatoms. The second-order valence-electron chi connectivity index (χ2n) is 4.89. The number of nitrogens with zero attached hydrogens (tertiary/aromatic N) is 1. The Hall–Kier alpha value is -2.01. The maximum atomic E-state index is 5.36. The Morgan fingerprint density at radius 1 is 1.19 bits per heavy atom. The number of aryl methyl sites for hydroxylation is 1. The molecule has 0 radical (unpaired) electrons. The fraction of sp³-hybridized carbons (Fsp3) is 0.438. The predicted octanol–water partition coefficient (Wildman–Crippen LogP) is 3.24. The number of hydrogen-bond acceptors (Lipinski definition) is 5. The van der Waals surface area contributed by atoms with E-state index in [0.29, 0.717) is 6.54 Å². The van der Waals surface area contributed by atoms with Gasteiger partial charge in [-0.3, -0.25) is 0 Å². The van der Waals surface area contributed by atoms with Crippen LogP contribution in [0.4, 0.5) is 0 Å². The zero-order valence-corrected chi connectivity index (χ0v) is 13.0. The van der Waals surface area contributed by atoms with Gasteiger partial charge in [-0.15, -0.1) is 0 Å². The number of benzene rings is 1.